The van der Waals surface area contributed by atoms with Gasteiger partial charge >= 0.3 is 6.09 Å². The highest BCUT2D eigenvalue weighted by atomic mass is 16.6. The van der Waals surface area contributed by atoms with E-state index in [-0.39, 0.29) is 17.7 Å². The highest BCUT2D eigenvalue weighted by Crippen LogP contribution is 2.19. The van der Waals surface area contributed by atoms with Crippen molar-refractivity contribution in [2.75, 3.05) is 44.7 Å². The fraction of sp³-hybridized carbons (Fsp3) is 0.400. The number of nitrogens with one attached hydrogen (secondary N) is 1. The molecular weight excluding hydrogens is 374 g/mol. The predicted molar refractivity (Wildman–Crippen MR) is 107 cm³/mol. The second-order valence-corrected chi connectivity index (χ2v) is 6.35. The van der Waals surface area contributed by atoms with Gasteiger partial charge < -0.3 is 24.6 Å². The molecule has 0 saturated carbocycles. The molecular formula is C20H25N5O4. The molecule has 1 saturated heterocycles. The normalized spacial score (nSPS) is 13.7. The van der Waals surface area contributed by atoms with Gasteiger partial charge in [-0.2, -0.15) is 0 Å². The van der Waals surface area contributed by atoms with Gasteiger partial charge in [-0.05, 0) is 38.1 Å². The van der Waals surface area contributed by atoms with Crippen LogP contribution in [0.4, 0.5) is 16.3 Å². The van der Waals surface area contributed by atoms with Crippen molar-refractivity contribution >= 4 is 23.5 Å². The van der Waals surface area contributed by atoms with Crippen LogP contribution in [0.15, 0.2) is 36.7 Å². The second-order valence-electron chi connectivity index (χ2n) is 6.35. The minimum Gasteiger partial charge on any atom is -0.494 e. The molecule has 2 aromatic rings. The maximum atomic E-state index is 12.6. The van der Waals surface area contributed by atoms with Crippen molar-refractivity contribution in [3.8, 4) is 5.75 Å². The van der Waals surface area contributed by atoms with E-state index in [2.05, 4.69) is 15.3 Å². The van der Waals surface area contributed by atoms with E-state index in [9.17, 15) is 9.59 Å². The summed E-state index contributed by atoms with van der Waals surface area (Å²) in [6, 6.07) is 7.50. The summed E-state index contributed by atoms with van der Waals surface area (Å²) in [5, 5.41) is 3.14. The van der Waals surface area contributed by atoms with Gasteiger partial charge in [-0.25, -0.2) is 14.8 Å². The summed E-state index contributed by atoms with van der Waals surface area (Å²) < 4.78 is 10.4. The molecule has 1 aliphatic heterocycles. The Morgan fingerprint density at radius 3 is 2.24 bits per heavy atom. The average molecular weight is 399 g/mol. The van der Waals surface area contributed by atoms with E-state index in [1.54, 1.807) is 16.7 Å². The van der Waals surface area contributed by atoms with Crippen LogP contribution in [-0.4, -0.2) is 71.2 Å². The lowest BCUT2D eigenvalue weighted by molar-refractivity contribution is 0.0565. The van der Waals surface area contributed by atoms with Gasteiger partial charge in [0.25, 0.3) is 5.91 Å². The van der Waals surface area contributed by atoms with Gasteiger partial charge in [0.15, 0.2) is 0 Å². The summed E-state index contributed by atoms with van der Waals surface area (Å²) in [5.41, 5.74) is 1.11. The third-order valence-corrected chi connectivity index (χ3v) is 4.40. The van der Waals surface area contributed by atoms with E-state index in [1.165, 1.54) is 12.4 Å². The molecule has 2 heterocycles. The third-order valence-electron chi connectivity index (χ3n) is 4.40. The maximum absolute atomic E-state index is 12.6. The van der Waals surface area contributed by atoms with E-state index in [1.807, 2.05) is 31.2 Å². The molecule has 1 N–H and O–H groups in total. The van der Waals surface area contributed by atoms with Crippen LogP contribution in [0.1, 0.15) is 24.3 Å². The Morgan fingerprint density at radius 1 is 0.966 bits per heavy atom. The zero-order valence-corrected chi connectivity index (χ0v) is 16.6. The summed E-state index contributed by atoms with van der Waals surface area (Å²) >= 11 is 0. The highest BCUT2D eigenvalue weighted by molar-refractivity contribution is 5.92. The van der Waals surface area contributed by atoms with E-state index in [0.717, 1.165) is 11.4 Å². The lowest BCUT2D eigenvalue weighted by Crippen LogP contribution is -2.50. The Hall–Kier alpha value is -3.36. The fourth-order valence-corrected chi connectivity index (χ4v) is 2.92. The highest BCUT2D eigenvalue weighted by Gasteiger charge is 2.26. The van der Waals surface area contributed by atoms with Crippen LogP contribution in [0.25, 0.3) is 0 Å². The van der Waals surface area contributed by atoms with Gasteiger partial charge in [0, 0.05) is 31.9 Å². The van der Waals surface area contributed by atoms with Crippen molar-refractivity contribution in [1.29, 1.82) is 0 Å². The average Bonchev–Trinajstić information content (AvgIpc) is 2.76. The van der Waals surface area contributed by atoms with E-state index in [4.69, 9.17) is 9.47 Å². The van der Waals surface area contributed by atoms with Crippen molar-refractivity contribution in [2.45, 2.75) is 13.8 Å². The number of benzene rings is 1. The molecule has 1 aliphatic rings. The first-order valence-electron chi connectivity index (χ1n) is 9.63. The Labute approximate surface area is 169 Å². The molecule has 0 aliphatic carbocycles. The molecule has 29 heavy (non-hydrogen) atoms. The monoisotopic (exact) mass is 399 g/mol. The standard InChI is InChI=1S/C20H25N5O4/c1-3-28-16-7-5-15(6-8-16)23-18-14-21-17(13-22-18)19(26)24-9-11-25(12-10-24)20(27)29-4-2/h5-8,13-14H,3-4,9-12H2,1-2H3,(H,22,23). The molecule has 0 radical (unpaired) electrons. The Balaban J connectivity index is 1.54. The first kappa shape index (κ1) is 20.4. The SMILES string of the molecule is CCOC(=O)N1CCN(C(=O)c2cnc(Nc3ccc(OCC)cc3)cn2)CC1. The number of aromatic nitrogens is 2. The number of carbonyl (C=O) groups excluding carboxylic acids is 2. The molecule has 2 amide bonds. The minimum atomic E-state index is -0.343. The topological polar surface area (TPSA) is 96.9 Å². The lowest BCUT2D eigenvalue weighted by atomic mass is 10.3. The van der Waals surface area contributed by atoms with E-state index in [0.29, 0.717) is 45.2 Å². The van der Waals surface area contributed by atoms with Crippen LogP contribution in [0.5, 0.6) is 5.75 Å². The molecule has 154 valence electrons. The van der Waals surface area contributed by atoms with E-state index < -0.39 is 0 Å². The third kappa shape index (κ3) is 5.34. The van der Waals surface area contributed by atoms with Gasteiger partial charge in [0.2, 0.25) is 0 Å². The first-order valence-corrected chi connectivity index (χ1v) is 9.63. The van der Waals surface area contributed by atoms with Gasteiger partial charge in [-0.15, -0.1) is 0 Å². The van der Waals surface area contributed by atoms with Crippen LogP contribution in [0.3, 0.4) is 0 Å². The molecule has 0 atom stereocenters. The molecule has 3 rings (SSSR count). The molecule has 1 aromatic heterocycles. The molecule has 9 nitrogen and oxygen atoms in total. The van der Waals surface area contributed by atoms with E-state index >= 15 is 0 Å². The quantitative estimate of drug-likeness (QED) is 0.797. The summed E-state index contributed by atoms with van der Waals surface area (Å²) in [4.78, 5) is 36.2. The molecule has 9 heteroatoms. The number of hydrogen-bond donors (Lipinski definition) is 1. The van der Waals surface area contributed by atoms with Crippen molar-refractivity contribution < 1.29 is 19.1 Å². The lowest BCUT2D eigenvalue weighted by Gasteiger charge is -2.33. The molecule has 0 unspecified atom stereocenters. The summed E-state index contributed by atoms with van der Waals surface area (Å²) in [5.74, 6) is 1.14. The summed E-state index contributed by atoms with van der Waals surface area (Å²) in [6.07, 6.45) is 2.64. The van der Waals surface area contributed by atoms with Crippen LogP contribution in [0.2, 0.25) is 0 Å². The number of rotatable bonds is 6. The number of nitrogens with zero attached hydrogens (tertiary/aromatic N) is 4. The Morgan fingerprint density at radius 2 is 1.66 bits per heavy atom. The number of amides is 2. The number of carbonyl (C=O) groups is 2. The van der Waals surface area contributed by atoms with Crippen LogP contribution >= 0.6 is 0 Å². The molecule has 0 bridgehead atoms. The number of ether oxygens (including phenoxy) is 2. The van der Waals surface area contributed by atoms with Crippen molar-refractivity contribution in [1.82, 2.24) is 19.8 Å². The van der Waals surface area contributed by atoms with Crippen molar-refractivity contribution in [3.05, 3.63) is 42.4 Å². The predicted octanol–water partition coefficient (Wildman–Crippen LogP) is 2.53. The smallest absolute Gasteiger partial charge is 0.409 e. The number of hydrogen-bond acceptors (Lipinski definition) is 7. The number of anilines is 2. The van der Waals surface area contributed by atoms with Crippen molar-refractivity contribution in [3.63, 3.8) is 0 Å². The second kappa shape index (κ2) is 9.72. The maximum Gasteiger partial charge on any atom is 0.409 e. The summed E-state index contributed by atoms with van der Waals surface area (Å²) in [7, 11) is 0. The Bertz CT molecular complexity index is 818. The zero-order chi connectivity index (χ0) is 20.6. The molecule has 0 spiro atoms. The first-order chi connectivity index (χ1) is 14.1. The minimum absolute atomic E-state index is 0.200. The van der Waals surface area contributed by atoms with Crippen LogP contribution in [0, 0.1) is 0 Å². The fourth-order valence-electron chi connectivity index (χ4n) is 2.92. The van der Waals surface area contributed by atoms with Gasteiger partial charge in [-0.3, -0.25) is 4.79 Å². The molecule has 1 aromatic carbocycles. The number of piperazine rings is 1. The van der Waals surface area contributed by atoms with Crippen molar-refractivity contribution in [2.24, 2.45) is 0 Å². The summed E-state index contributed by atoms with van der Waals surface area (Å²) in [6.45, 7) is 6.41. The largest absolute Gasteiger partial charge is 0.494 e. The zero-order valence-electron chi connectivity index (χ0n) is 16.6. The Kier molecular flexibility index (Phi) is 6.83. The van der Waals surface area contributed by atoms with Crippen LogP contribution < -0.4 is 10.1 Å². The van der Waals surface area contributed by atoms with Gasteiger partial charge in [-0.1, -0.05) is 0 Å². The van der Waals surface area contributed by atoms with Gasteiger partial charge in [0.1, 0.15) is 17.3 Å². The van der Waals surface area contributed by atoms with Gasteiger partial charge in [0.05, 0.1) is 25.6 Å². The molecule has 1 fully saturated rings. The van der Waals surface area contributed by atoms with Crippen LogP contribution in [-0.2, 0) is 4.74 Å².